The van der Waals surface area contributed by atoms with Gasteiger partial charge in [-0.15, -0.1) is 10.2 Å². The van der Waals surface area contributed by atoms with Crippen LogP contribution in [0.2, 0.25) is 0 Å². The highest BCUT2D eigenvalue weighted by atomic mass is 32.2. The molecule has 4 rings (SSSR count). The molecule has 0 radical (unpaired) electrons. The topological polar surface area (TPSA) is 127 Å². The van der Waals surface area contributed by atoms with E-state index in [-0.39, 0.29) is 22.4 Å². The summed E-state index contributed by atoms with van der Waals surface area (Å²) in [5.74, 6) is -0.0731. The maximum atomic E-state index is 13.1. The van der Waals surface area contributed by atoms with Gasteiger partial charge in [0.25, 0.3) is 10.0 Å². The predicted octanol–water partition coefficient (Wildman–Crippen LogP) is 4.53. The van der Waals surface area contributed by atoms with E-state index in [1.54, 1.807) is 48.8 Å². The van der Waals surface area contributed by atoms with E-state index in [1.807, 2.05) is 0 Å². The van der Waals surface area contributed by atoms with E-state index in [1.165, 1.54) is 38.1 Å². The fraction of sp³-hybridized carbons (Fsp3) is 0.167. The molecule has 1 amide bonds. The fourth-order valence-corrected chi connectivity index (χ4v) is 4.08. The third-order valence-electron chi connectivity index (χ3n) is 5.06. The number of anilines is 2. The Hall–Kier alpha value is -4.12. The number of benzene rings is 2. The van der Waals surface area contributed by atoms with E-state index >= 15 is 0 Å². The van der Waals surface area contributed by atoms with Crippen molar-refractivity contribution in [3.05, 3.63) is 73.1 Å². The van der Waals surface area contributed by atoms with Crippen LogP contribution in [0, 0.1) is 5.41 Å². The summed E-state index contributed by atoms with van der Waals surface area (Å²) in [5, 5.41) is 10.6. The van der Waals surface area contributed by atoms with Crippen LogP contribution in [0.5, 0.6) is 0 Å². The van der Waals surface area contributed by atoms with Gasteiger partial charge < -0.3 is 9.73 Å². The lowest BCUT2D eigenvalue weighted by molar-refractivity contribution is -0.124. The van der Waals surface area contributed by atoms with Crippen molar-refractivity contribution in [3.63, 3.8) is 0 Å². The number of nitrogens with one attached hydrogen (secondary N) is 2. The summed E-state index contributed by atoms with van der Waals surface area (Å²) < 4.78 is 47.3. The summed E-state index contributed by atoms with van der Waals surface area (Å²) in [6, 6.07) is 15.7. The molecule has 35 heavy (non-hydrogen) atoms. The molecule has 0 unspecified atom stereocenters. The monoisotopic (exact) mass is 495 g/mol. The highest BCUT2D eigenvalue weighted by molar-refractivity contribution is 7.92. The first-order valence-corrected chi connectivity index (χ1v) is 12.0. The van der Waals surface area contributed by atoms with Gasteiger partial charge in [-0.05, 0) is 62.4 Å². The Balaban J connectivity index is 1.54. The molecule has 0 spiro atoms. The number of nitrogens with zero attached hydrogens (tertiary/aromatic N) is 3. The Morgan fingerprint density at radius 1 is 0.943 bits per heavy atom. The molecule has 0 bridgehead atoms. The van der Waals surface area contributed by atoms with E-state index < -0.39 is 28.0 Å². The highest BCUT2D eigenvalue weighted by Crippen LogP contribution is 2.27. The molecule has 0 saturated heterocycles. The molecule has 0 saturated carbocycles. The minimum atomic E-state index is -3.99. The largest absolute Gasteiger partial charge is 0.416 e. The lowest BCUT2D eigenvalue weighted by Crippen LogP contribution is -2.32. The molecule has 0 fully saturated rings. The van der Waals surface area contributed by atoms with Crippen molar-refractivity contribution in [1.29, 1.82) is 0 Å². The number of pyridine rings is 1. The molecular formula is C24H22FN5O4S. The number of aromatic nitrogens is 3. The zero-order valence-corrected chi connectivity index (χ0v) is 19.7. The van der Waals surface area contributed by atoms with Gasteiger partial charge in [0.2, 0.25) is 17.7 Å². The van der Waals surface area contributed by atoms with Crippen LogP contribution in [0.4, 0.5) is 15.8 Å². The van der Waals surface area contributed by atoms with Crippen LogP contribution in [0.15, 0.2) is 82.4 Å². The van der Waals surface area contributed by atoms with Gasteiger partial charge in [0.05, 0.1) is 16.0 Å². The predicted molar refractivity (Wildman–Crippen MR) is 129 cm³/mol. The van der Waals surface area contributed by atoms with Crippen molar-refractivity contribution < 1.29 is 22.0 Å². The van der Waals surface area contributed by atoms with Crippen LogP contribution < -0.4 is 10.0 Å². The number of sulfonamides is 1. The molecule has 2 aromatic heterocycles. The fourth-order valence-electron chi connectivity index (χ4n) is 2.98. The lowest BCUT2D eigenvalue weighted by atomic mass is 9.94. The molecule has 11 heteroatoms. The van der Waals surface area contributed by atoms with Gasteiger partial charge in [-0.25, -0.2) is 12.8 Å². The summed E-state index contributed by atoms with van der Waals surface area (Å²) in [7, 11) is -3.99. The third kappa shape index (κ3) is 5.52. The smallest absolute Gasteiger partial charge is 0.261 e. The van der Waals surface area contributed by atoms with E-state index in [4.69, 9.17) is 4.42 Å². The summed E-state index contributed by atoms with van der Waals surface area (Å²) in [6.45, 7) is 2.13. The van der Waals surface area contributed by atoms with Crippen molar-refractivity contribution in [3.8, 4) is 22.9 Å². The van der Waals surface area contributed by atoms with Gasteiger partial charge in [-0.2, -0.15) is 0 Å². The molecule has 2 N–H and O–H groups in total. The van der Waals surface area contributed by atoms with Crippen LogP contribution in [0.1, 0.15) is 13.8 Å². The van der Waals surface area contributed by atoms with Gasteiger partial charge in [0.15, 0.2) is 0 Å². The Kier molecular flexibility index (Phi) is 6.61. The Morgan fingerprint density at radius 3 is 2.31 bits per heavy atom. The Morgan fingerprint density at radius 2 is 1.60 bits per heavy atom. The van der Waals surface area contributed by atoms with Gasteiger partial charge in [0, 0.05) is 29.2 Å². The minimum absolute atomic E-state index is 0.0216. The number of amides is 1. The van der Waals surface area contributed by atoms with Crippen molar-refractivity contribution in [1.82, 2.24) is 15.2 Å². The zero-order valence-electron chi connectivity index (χ0n) is 18.9. The first-order chi connectivity index (χ1) is 16.7. The van der Waals surface area contributed by atoms with Crippen molar-refractivity contribution in [2.45, 2.75) is 18.7 Å². The van der Waals surface area contributed by atoms with E-state index in [0.717, 1.165) is 0 Å². The minimum Gasteiger partial charge on any atom is -0.416 e. The van der Waals surface area contributed by atoms with Gasteiger partial charge in [-0.3, -0.25) is 14.5 Å². The first-order valence-electron chi connectivity index (χ1n) is 10.5. The summed E-state index contributed by atoms with van der Waals surface area (Å²) >= 11 is 0. The lowest BCUT2D eigenvalue weighted by Gasteiger charge is -2.19. The SMILES string of the molecule is CC(C)(CF)C(=O)Nc1cccc(NS(=O)(=O)c2cccc(-c3nnc(-c4ccncc4)o3)c2)c1. The average Bonchev–Trinajstić information content (AvgIpc) is 3.35. The molecule has 0 aliphatic heterocycles. The quantitative estimate of drug-likeness (QED) is 0.367. The van der Waals surface area contributed by atoms with Crippen LogP contribution in [-0.4, -0.2) is 36.2 Å². The van der Waals surface area contributed by atoms with E-state index in [2.05, 4.69) is 25.2 Å². The second-order valence-electron chi connectivity index (χ2n) is 8.33. The van der Waals surface area contributed by atoms with Crippen molar-refractivity contribution in [2.24, 2.45) is 5.41 Å². The van der Waals surface area contributed by atoms with Gasteiger partial charge in [-0.1, -0.05) is 12.1 Å². The normalized spacial score (nSPS) is 11.7. The number of hydrogen-bond donors (Lipinski definition) is 2. The Bertz CT molecular complexity index is 1460. The summed E-state index contributed by atoms with van der Waals surface area (Å²) in [6.07, 6.45) is 3.20. The molecule has 4 aromatic rings. The second-order valence-corrected chi connectivity index (χ2v) is 10.0. The maximum Gasteiger partial charge on any atom is 0.261 e. The van der Waals surface area contributed by atoms with Crippen LogP contribution in [0.3, 0.4) is 0 Å². The summed E-state index contributed by atoms with van der Waals surface area (Å²) in [5.41, 5.74) is 0.465. The second kappa shape index (κ2) is 9.63. The van der Waals surface area contributed by atoms with E-state index in [9.17, 15) is 17.6 Å². The molecule has 9 nitrogen and oxygen atoms in total. The molecule has 0 aliphatic carbocycles. The molecule has 180 valence electrons. The number of hydrogen-bond acceptors (Lipinski definition) is 7. The molecule has 2 aromatic carbocycles. The van der Waals surface area contributed by atoms with Crippen LogP contribution >= 0.6 is 0 Å². The zero-order chi connectivity index (χ0) is 25.1. The maximum absolute atomic E-state index is 13.1. The van der Waals surface area contributed by atoms with Crippen molar-refractivity contribution in [2.75, 3.05) is 16.7 Å². The number of alkyl halides is 1. The Labute approximate surface area is 201 Å². The van der Waals surface area contributed by atoms with Gasteiger partial charge in [0.1, 0.15) is 6.67 Å². The van der Waals surface area contributed by atoms with Crippen LogP contribution in [-0.2, 0) is 14.8 Å². The molecule has 2 heterocycles. The number of carbonyl (C=O) groups is 1. The number of rotatable bonds is 8. The molecule has 0 aliphatic rings. The standard InChI is InChI=1S/C24H22FN5O4S/c1-24(2,15-25)23(31)27-18-6-4-7-19(14-18)30-35(32,33)20-8-3-5-17(13-20)22-29-28-21(34-22)16-9-11-26-12-10-16/h3-14,30H,15H2,1-2H3,(H,27,31). The highest BCUT2D eigenvalue weighted by Gasteiger charge is 2.27. The number of carbonyl (C=O) groups excluding carboxylic acids is 1. The van der Waals surface area contributed by atoms with Gasteiger partial charge >= 0.3 is 0 Å². The van der Waals surface area contributed by atoms with Crippen LogP contribution in [0.25, 0.3) is 22.9 Å². The first kappa shape index (κ1) is 24.0. The third-order valence-corrected chi connectivity index (χ3v) is 6.44. The molecule has 0 atom stereocenters. The number of halogens is 1. The van der Waals surface area contributed by atoms with Crippen molar-refractivity contribution >= 4 is 27.3 Å². The molecular weight excluding hydrogens is 473 g/mol. The average molecular weight is 496 g/mol. The summed E-state index contributed by atoms with van der Waals surface area (Å²) in [4.78, 5) is 16.2. The van der Waals surface area contributed by atoms with E-state index in [0.29, 0.717) is 16.8 Å².